The van der Waals surface area contributed by atoms with E-state index in [1.54, 1.807) is 0 Å². The molecule has 0 aromatic rings. The Morgan fingerprint density at radius 1 is 1.44 bits per heavy atom. The van der Waals surface area contributed by atoms with Gasteiger partial charge in [-0.05, 0) is 19.4 Å². The summed E-state index contributed by atoms with van der Waals surface area (Å²) in [4.78, 5) is 8.22. The molecule has 9 heavy (non-hydrogen) atoms. The largest absolute Gasteiger partial charge is 0.266 e. The van der Waals surface area contributed by atoms with Crippen molar-refractivity contribution in [1.29, 1.82) is 0 Å². The van der Waals surface area contributed by atoms with Crippen molar-refractivity contribution in [1.82, 2.24) is 0 Å². The summed E-state index contributed by atoms with van der Waals surface area (Å²) in [7, 11) is 0. The molecule has 0 aliphatic carbocycles. The van der Waals surface area contributed by atoms with Gasteiger partial charge in [0.1, 0.15) is 5.84 Å². The van der Waals surface area contributed by atoms with Crippen LogP contribution in [0.3, 0.4) is 0 Å². The minimum atomic E-state index is 0.723. The predicted octanol–water partition coefficient (Wildman–Crippen LogP) is 1.44. The lowest BCUT2D eigenvalue weighted by Gasteiger charge is -2.07. The first-order chi connectivity index (χ1) is 4.20. The van der Waals surface area contributed by atoms with Crippen LogP contribution >= 0.6 is 0 Å². The van der Waals surface area contributed by atoms with Gasteiger partial charge in [-0.2, -0.15) is 0 Å². The van der Waals surface area contributed by atoms with Crippen LogP contribution in [0.15, 0.2) is 22.1 Å². The van der Waals surface area contributed by atoms with Gasteiger partial charge in [0, 0.05) is 5.71 Å². The molecular formula is C7H10N2. The molecule has 0 saturated heterocycles. The first-order valence-corrected chi connectivity index (χ1v) is 2.94. The zero-order valence-corrected chi connectivity index (χ0v) is 5.81. The number of hydrogen-bond donors (Lipinski definition) is 0. The number of rotatable bonds is 0. The quantitative estimate of drug-likeness (QED) is 0.464. The molecular weight excluding hydrogens is 112 g/mol. The Kier molecular flexibility index (Phi) is 1.47. The van der Waals surface area contributed by atoms with E-state index in [0.29, 0.717) is 0 Å². The molecule has 0 saturated carbocycles. The van der Waals surface area contributed by atoms with Crippen LogP contribution in [-0.4, -0.2) is 18.1 Å². The second-order valence-electron chi connectivity index (χ2n) is 2.16. The van der Waals surface area contributed by atoms with Gasteiger partial charge in [-0.25, -0.2) is 4.99 Å². The molecule has 2 heteroatoms. The molecule has 0 aromatic heterocycles. The molecule has 1 heterocycles. The topological polar surface area (TPSA) is 24.7 Å². The predicted molar refractivity (Wildman–Crippen MR) is 40.2 cm³/mol. The maximum atomic E-state index is 4.13. The van der Waals surface area contributed by atoms with Crippen molar-refractivity contribution < 1.29 is 0 Å². The van der Waals surface area contributed by atoms with Crippen molar-refractivity contribution in [3.05, 3.63) is 12.2 Å². The summed E-state index contributed by atoms with van der Waals surface area (Å²) < 4.78 is 0. The highest BCUT2D eigenvalue weighted by Gasteiger charge is 2.02. The lowest BCUT2D eigenvalue weighted by atomic mass is 10.2. The molecule has 0 spiro atoms. The molecule has 0 N–H and O–H groups in total. The van der Waals surface area contributed by atoms with E-state index < -0.39 is 0 Å². The van der Waals surface area contributed by atoms with Crippen molar-refractivity contribution in [3.63, 3.8) is 0 Å². The first kappa shape index (κ1) is 6.20. The van der Waals surface area contributed by atoms with Crippen molar-refractivity contribution >= 4 is 11.5 Å². The minimum absolute atomic E-state index is 0.723. The van der Waals surface area contributed by atoms with E-state index in [4.69, 9.17) is 0 Å². The normalized spacial score (nSPS) is 19.1. The van der Waals surface area contributed by atoms with E-state index in [1.807, 2.05) is 13.8 Å². The average Bonchev–Trinajstić information content (AvgIpc) is 1.80. The van der Waals surface area contributed by atoms with Crippen LogP contribution in [0.5, 0.6) is 0 Å². The van der Waals surface area contributed by atoms with Crippen LogP contribution in [0, 0.1) is 0 Å². The zero-order valence-electron chi connectivity index (χ0n) is 5.81. The number of amidine groups is 1. The summed E-state index contributed by atoms with van der Waals surface area (Å²) in [5.74, 6) is 0.861. The molecule has 0 unspecified atom stereocenters. The fourth-order valence-corrected chi connectivity index (χ4v) is 0.681. The summed E-state index contributed by atoms with van der Waals surface area (Å²) in [5.41, 5.74) is 2.04. The fourth-order valence-electron chi connectivity index (χ4n) is 0.681. The van der Waals surface area contributed by atoms with Crippen molar-refractivity contribution in [2.24, 2.45) is 9.98 Å². The van der Waals surface area contributed by atoms with Crippen molar-refractivity contribution in [3.8, 4) is 0 Å². The highest BCUT2D eigenvalue weighted by molar-refractivity contribution is 6.07. The Hall–Kier alpha value is -0.920. The summed E-state index contributed by atoms with van der Waals surface area (Å²) in [6, 6.07) is 0. The average molecular weight is 122 g/mol. The third kappa shape index (κ3) is 1.25. The minimum Gasteiger partial charge on any atom is -0.266 e. The number of nitrogens with zero attached hydrogens (tertiary/aromatic N) is 2. The molecule has 1 rings (SSSR count). The van der Waals surface area contributed by atoms with E-state index in [9.17, 15) is 0 Å². The Morgan fingerprint density at radius 3 is 2.56 bits per heavy atom. The Bertz CT molecular complexity index is 199. The standard InChI is InChI=1S/C7H10N2/c1-5-4-8-7(3)9-6(5)2/h1,4H2,2-3H3. The van der Waals surface area contributed by atoms with Gasteiger partial charge in [0.05, 0.1) is 6.54 Å². The maximum Gasteiger partial charge on any atom is 0.120 e. The van der Waals surface area contributed by atoms with E-state index in [0.717, 1.165) is 23.7 Å². The molecule has 1 aliphatic rings. The second-order valence-corrected chi connectivity index (χ2v) is 2.16. The van der Waals surface area contributed by atoms with E-state index >= 15 is 0 Å². The van der Waals surface area contributed by atoms with Gasteiger partial charge >= 0.3 is 0 Å². The van der Waals surface area contributed by atoms with Gasteiger partial charge in [0.25, 0.3) is 0 Å². The molecule has 0 amide bonds. The Labute approximate surface area is 55.0 Å². The molecule has 0 fully saturated rings. The van der Waals surface area contributed by atoms with Gasteiger partial charge in [0.2, 0.25) is 0 Å². The summed E-state index contributed by atoms with van der Waals surface area (Å²) in [6.07, 6.45) is 0. The lowest BCUT2D eigenvalue weighted by Crippen LogP contribution is -2.08. The van der Waals surface area contributed by atoms with Crippen LogP contribution in [0.2, 0.25) is 0 Å². The van der Waals surface area contributed by atoms with Crippen LogP contribution in [0.1, 0.15) is 13.8 Å². The third-order valence-electron chi connectivity index (χ3n) is 1.34. The first-order valence-electron chi connectivity index (χ1n) is 2.94. The van der Waals surface area contributed by atoms with E-state index in [-0.39, 0.29) is 0 Å². The lowest BCUT2D eigenvalue weighted by molar-refractivity contribution is 1.16. The Balaban J connectivity index is 2.87. The van der Waals surface area contributed by atoms with Crippen molar-refractivity contribution in [2.75, 3.05) is 6.54 Å². The molecule has 2 nitrogen and oxygen atoms in total. The van der Waals surface area contributed by atoms with Crippen molar-refractivity contribution in [2.45, 2.75) is 13.8 Å². The zero-order chi connectivity index (χ0) is 6.85. The van der Waals surface area contributed by atoms with Crippen LogP contribution in [0.25, 0.3) is 0 Å². The van der Waals surface area contributed by atoms with Gasteiger partial charge in [0.15, 0.2) is 0 Å². The van der Waals surface area contributed by atoms with E-state index in [1.165, 1.54) is 0 Å². The van der Waals surface area contributed by atoms with E-state index in [2.05, 4.69) is 16.6 Å². The molecule has 0 atom stereocenters. The monoisotopic (exact) mass is 122 g/mol. The van der Waals surface area contributed by atoms with Crippen LogP contribution < -0.4 is 0 Å². The molecule has 0 aromatic carbocycles. The van der Waals surface area contributed by atoms with Crippen LogP contribution in [0.4, 0.5) is 0 Å². The molecule has 1 aliphatic heterocycles. The third-order valence-corrected chi connectivity index (χ3v) is 1.34. The van der Waals surface area contributed by atoms with Gasteiger partial charge in [-0.15, -0.1) is 0 Å². The summed E-state index contributed by atoms with van der Waals surface area (Å²) >= 11 is 0. The van der Waals surface area contributed by atoms with Crippen LogP contribution in [-0.2, 0) is 0 Å². The second kappa shape index (κ2) is 2.13. The molecule has 48 valence electrons. The Morgan fingerprint density at radius 2 is 2.11 bits per heavy atom. The highest BCUT2D eigenvalue weighted by atomic mass is 14.9. The van der Waals surface area contributed by atoms with Gasteiger partial charge in [-0.3, -0.25) is 4.99 Å². The SMILES string of the molecule is C=C1CN=C(C)N=C1C. The summed E-state index contributed by atoms with van der Waals surface area (Å²) in [5, 5.41) is 0. The fraction of sp³-hybridized carbons (Fsp3) is 0.429. The summed E-state index contributed by atoms with van der Waals surface area (Å²) in [6.45, 7) is 8.37. The maximum absolute atomic E-state index is 4.13. The van der Waals surface area contributed by atoms with Gasteiger partial charge in [-0.1, -0.05) is 6.58 Å². The number of aliphatic imine (C=N–C) groups is 2. The smallest absolute Gasteiger partial charge is 0.120 e. The molecule has 0 radical (unpaired) electrons. The highest BCUT2D eigenvalue weighted by Crippen LogP contribution is 2.02. The molecule has 0 bridgehead atoms. The van der Waals surface area contributed by atoms with Gasteiger partial charge < -0.3 is 0 Å². The number of hydrogen-bond acceptors (Lipinski definition) is 2.